The number of ether oxygens (including phenoxy) is 3. The van der Waals surface area contributed by atoms with Crippen LogP contribution in [0.2, 0.25) is 0 Å². The molecule has 0 N–H and O–H groups in total. The average Bonchev–Trinajstić information content (AvgIpc) is 2.88. The van der Waals surface area contributed by atoms with Crippen molar-refractivity contribution in [2.75, 3.05) is 25.7 Å². The molecule has 22 heavy (non-hydrogen) atoms. The van der Waals surface area contributed by atoms with Gasteiger partial charge in [-0.05, 0) is 20.8 Å². The number of hydrogen-bond acceptors (Lipinski definition) is 6. The van der Waals surface area contributed by atoms with Crippen LogP contribution < -0.4 is 14.4 Å². The van der Waals surface area contributed by atoms with Crippen molar-refractivity contribution >= 4 is 17.5 Å². The Labute approximate surface area is 130 Å². The fraction of sp³-hybridized carbons (Fsp3) is 0.500. The SMILES string of the molecule is COc1cc(OC)cc(N2C[C@H](C)N=C2C(=O)OC(C)C)c1. The zero-order valence-electron chi connectivity index (χ0n) is 13.6. The average molecular weight is 306 g/mol. The number of rotatable bonds is 5. The van der Waals surface area contributed by atoms with Gasteiger partial charge in [0.2, 0.25) is 5.84 Å². The van der Waals surface area contributed by atoms with E-state index in [0.29, 0.717) is 23.9 Å². The number of aliphatic imine (C=N–C) groups is 1. The molecule has 0 radical (unpaired) electrons. The summed E-state index contributed by atoms with van der Waals surface area (Å²) in [6.45, 7) is 6.20. The highest BCUT2D eigenvalue weighted by Crippen LogP contribution is 2.30. The predicted molar refractivity (Wildman–Crippen MR) is 85.0 cm³/mol. The minimum atomic E-state index is -0.416. The van der Waals surface area contributed by atoms with E-state index in [9.17, 15) is 4.79 Å². The Bertz CT molecular complexity index is 561. The Morgan fingerprint density at radius 3 is 2.32 bits per heavy atom. The molecule has 2 rings (SSSR count). The van der Waals surface area contributed by atoms with Crippen molar-refractivity contribution in [3.05, 3.63) is 18.2 Å². The summed E-state index contributed by atoms with van der Waals surface area (Å²) in [5.41, 5.74) is 0.792. The van der Waals surface area contributed by atoms with Crippen LogP contribution in [0.1, 0.15) is 20.8 Å². The molecule has 0 fully saturated rings. The molecule has 1 aliphatic rings. The molecule has 0 saturated heterocycles. The third-order valence-corrected chi connectivity index (χ3v) is 3.22. The van der Waals surface area contributed by atoms with Crippen LogP contribution in [0.5, 0.6) is 11.5 Å². The van der Waals surface area contributed by atoms with Crippen molar-refractivity contribution in [3.63, 3.8) is 0 Å². The second-order valence-corrected chi connectivity index (χ2v) is 5.44. The second-order valence-electron chi connectivity index (χ2n) is 5.44. The Hall–Kier alpha value is -2.24. The van der Waals surface area contributed by atoms with Gasteiger partial charge in [-0.3, -0.25) is 4.99 Å². The Morgan fingerprint density at radius 2 is 1.82 bits per heavy atom. The standard InChI is InChI=1S/C16H22N2O4/c1-10(2)22-16(19)15-17-11(3)9-18(15)12-6-13(20-4)8-14(7-12)21-5/h6-8,10-11H,9H2,1-5H3/t11-/m0/s1. The van der Waals surface area contributed by atoms with Crippen molar-refractivity contribution in [2.45, 2.75) is 32.9 Å². The summed E-state index contributed by atoms with van der Waals surface area (Å²) in [7, 11) is 3.18. The lowest BCUT2D eigenvalue weighted by Crippen LogP contribution is -2.36. The van der Waals surface area contributed by atoms with Gasteiger partial charge in [0.15, 0.2) is 0 Å². The number of nitrogens with zero attached hydrogens (tertiary/aromatic N) is 2. The van der Waals surface area contributed by atoms with Gasteiger partial charge >= 0.3 is 5.97 Å². The lowest BCUT2D eigenvalue weighted by atomic mass is 10.2. The van der Waals surface area contributed by atoms with Crippen molar-refractivity contribution < 1.29 is 19.0 Å². The summed E-state index contributed by atoms with van der Waals surface area (Å²) in [6.07, 6.45) is -0.187. The van der Waals surface area contributed by atoms with Crippen molar-refractivity contribution in [2.24, 2.45) is 4.99 Å². The number of methoxy groups -OCH3 is 2. The van der Waals surface area contributed by atoms with Gasteiger partial charge in [0.05, 0.1) is 32.1 Å². The highest BCUT2D eigenvalue weighted by Gasteiger charge is 2.31. The number of carbonyl (C=O) groups is 1. The number of anilines is 1. The van der Waals surface area contributed by atoms with E-state index in [-0.39, 0.29) is 12.1 Å². The highest BCUT2D eigenvalue weighted by molar-refractivity contribution is 6.41. The fourth-order valence-corrected chi connectivity index (χ4v) is 2.28. The van der Waals surface area contributed by atoms with Crippen LogP contribution in [-0.4, -0.2) is 44.7 Å². The quantitative estimate of drug-likeness (QED) is 0.781. The molecule has 0 aromatic heterocycles. The van der Waals surface area contributed by atoms with Gasteiger partial charge in [0.1, 0.15) is 11.5 Å². The summed E-state index contributed by atoms with van der Waals surface area (Å²) >= 11 is 0. The van der Waals surface area contributed by atoms with Gasteiger partial charge in [-0.1, -0.05) is 0 Å². The zero-order valence-corrected chi connectivity index (χ0v) is 13.6. The Balaban J connectivity index is 2.34. The van der Waals surface area contributed by atoms with E-state index in [0.717, 1.165) is 5.69 Å². The van der Waals surface area contributed by atoms with Crippen LogP contribution in [0.15, 0.2) is 23.2 Å². The summed E-state index contributed by atoms with van der Waals surface area (Å²) in [5, 5.41) is 0. The Morgan fingerprint density at radius 1 is 1.23 bits per heavy atom. The molecule has 0 amide bonds. The summed E-state index contributed by atoms with van der Waals surface area (Å²) in [4.78, 5) is 18.5. The third kappa shape index (κ3) is 3.50. The molecule has 0 saturated carbocycles. The molecular formula is C16H22N2O4. The number of carbonyl (C=O) groups excluding carboxylic acids is 1. The highest BCUT2D eigenvalue weighted by atomic mass is 16.5. The van der Waals surface area contributed by atoms with Crippen LogP contribution in [0.25, 0.3) is 0 Å². The maximum atomic E-state index is 12.2. The van der Waals surface area contributed by atoms with E-state index in [2.05, 4.69) is 4.99 Å². The lowest BCUT2D eigenvalue weighted by Gasteiger charge is -2.21. The Kier molecular flexibility index (Phi) is 4.90. The van der Waals surface area contributed by atoms with Crippen LogP contribution in [0, 0.1) is 0 Å². The molecule has 1 aromatic rings. The first kappa shape index (κ1) is 16.1. The monoisotopic (exact) mass is 306 g/mol. The minimum Gasteiger partial charge on any atom is -0.497 e. The number of amidine groups is 1. The molecule has 0 unspecified atom stereocenters. The smallest absolute Gasteiger partial charge is 0.374 e. The van der Waals surface area contributed by atoms with Gasteiger partial charge in [0, 0.05) is 24.7 Å². The van der Waals surface area contributed by atoms with Gasteiger partial charge < -0.3 is 19.1 Å². The number of benzene rings is 1. The van der Waals surface area contributed by atoms with E-state index < -0.39 is 5.97 Å². The van der Waals surface area contributed by atoms with E-state index in [1.165, 1.54) is 0 Å². The maximum Gasteiger partial charge on any atom is 0.374 e. The van der Waals surface area contributed by atoms with Crippen LogP contribution in [0.4, 0.5) is 5.69 Å². The maximum absolute atomic E-state index is 12.2. The topological polar surface area (TPSA) is 60.4 Å². The van der Waals surface area contributed by atoms with Crippen LogP contribution in [-0.2, 0) is 9.53 Å². The molecule has 0 bridgehead atoms. The van der Waals surface area contributed by atoms with Crippen LogP contribution in [0.3, 0.4) is 0 Å². The largest absolute Gasteiger partial charge is 0.497 e. The zero-order chi connectivity index (χ0) is 16.3. The lowest BCUT2D eigenvalue weighted by molar-refractivity contribution is -0.139. The number of esters is 1. The van der Waals surface area contributed by atoms with Crippen molar-refractivity contribution in [3.8, 4) is 11.5 Å². The van der Waals surface area contributed by atoms with E-state index in [1.807, 2.05) is 37.8 Å². The third-order valence-electron chi connectivity index (χ3n) is 3.22. The van der Waals surface area contributed by atoms with Gasteiger partial charge in [-0.25, -0.2) is 4.79 Å². The van der Waals surface area contributed by atoms with Gasteiger partial charge in [0.25, 0.3) is 0 Å². The summed E-state index contributed by atoms with van der Waals surface area (Å²) < 4.78 is 15.8. The van der Waals surface area contributed by atoms with Gasteiger partial charge in [-0.2, -0.15) is 0 Å². The molecule has 0 spiro atoms. The predicted octanol–water partition coefficient (Wildman–Crippen LogP) is 2.26. The fourth-order valence-electron chi connectivity index (χ4n) is 2.28. The van der Waals surface area contributed by atoms with E-state index >= 15 is 0 Å². The van der Waals surface area contributed by atoms with E-state index in [1.54, 1.807) is 20.3 Å². The van der Waals surface area contributed by atoms with E-state index in [4.69, 9.17) is 14.2 Å². The number of hydrogen-bond donors (Lipinski definition) is 0. The first-order chi connectivity index (χ1) is 10.4. The van der Waals surface area contributed by atoms with Crippen molar-refractivity contribution in [1.29, 1.82) is 0 Å². The first-order valence-electron chi connectivity index (χ1n) is 7.24. The first-order valence-corrected chi connectivity index (χ1v) is 7.24. The normalized spacial score (nSPS) is 17.5. The molecular weight excluding hydrogens is 284 g/mol. The molecule has 120 valence electrons. The summed E-state index contributed by atoms with van der Waals surface area (Å²) in [5.74, 6) is 1.22. The molecule has 6 heteroatoms. The molecule has 1 aromatic carbocycles. The molecule has 1 heterocycles. The second kappa shape index (κ2) is 6.68. The minimum absolute atomic E-state index is 0.0203. The molecule has 6 nitrogen and oxygen atoms in total. The van der Waals surface area contributed by atoms with Gasteiger partial charge in [-0.15, -0.1) is 0 Å². The van der Waals surface area contributed by atoms with Crippen molar-refractivity contribution in [1.82, 2.24) is 0 Å². The van der Waals surface area contributed by atoms with Crippen LogP contribution >= 0.6 is 0 Å². The molecule has 1 atom stereocenters. The molecule has 0 aliphatic carbocycles. The summed E-state index contributed by atoms with van der Waals surface area (Å²) in [6, 6.07) is 5.50. The molecule has 1 aliphatic heterocycles.